The molecule has 4 aromatic rings. The lowest BCUT2D eigenvalue weighted by atomic mass is 10.1. The molecule has 1 unspecified atom stereocenters. The van der Waals surface area contributed by atoms with E-state index in [1.807, 2.05) is 0 Å². The second kappa shape index (κ2) is 9.69. The van der Waals surface area contributed by atoms with Crippen molar-refractivity contribution < 1.29 is 26.7 Å². The number of hydrogen-bond acceptors (Lipinski definition) is 7. The zero-order valence-electron chi connectivity index (χ0n) is 20.0. The van der Waals surface area contributed by atoms with Gasteiger partial charge in [-0.25, -0.2) is 32.0 Å². The largest absolute Gasteiger partial charge is 0.491 e. The van der Waals surface area contributed by atoms with Crippen LogP contribution in [-0.2, 0) is 16.9 Å². The summed E-state index contributed by atoms with van der Waals surface area (Å²) >= 11 is 0. The van der Waals surface area contributed by atoms with Crippen molar-refractivity contribution in [2.45, 2.75) is 13.0 Å². The number of ether oxygens (including phenoxy) is 2. The molecule has 1 atom stereocenters. The van der Waals surface area contributed by atoms with Crippen LogP contribution >= 0.6 is 0 Å². The summed E-state index contributed by atoms with van der Waals surface area (Å²) in [7, 11) is -0.641. The van der Waals surface area contributed by atoms with E-state index in [4.69, 9.17) is 9.47 Å². The Morgan fingerprint density at radius 1 is 1.14 bits per heavy atom. The highest BCUT2D eigenvalue weighted by Crippen LogP contribution is 2.31. The van der Waals surface area contributed by atoms with Gasteiger partial charge in [0.05, 0.1) is 36.7 Å². The van der Waals surface area contributed by atoms with Crippen molar-refractivity contribution in [3.63, 3.8) is 0 Å². The maximum absolute atomic E-state index is 14.4. The number of nitrogens with zero attached hydrogens (tertiary/aromatic N) is 4. The summed E-state index contributed by atoms with van der Waals surface area (Å²) in [5.41, 5.74) is 0.662. The van der Waals surface area contributed by atoms with E-state index in [1.54, 1.807) is 25.1 Å². The van der Waals surface area contributed by atoms with Crippen LogP contribution in [0.5, 0.6) is 11.6 Å². The Kier molecular flexibility index (Phi) is 6.81. The average Bonchev–Trinajstić information content (AvgIpc) is 3.06. The highest BCUT2D eigenvalue weighted by Gasteiger charge is 2.28. The normalized spacial score (nSPS) is 12.6. The van der Waals surface area contributed by atoms with Crippen LogP contribution in [-0.4, -0.2) is 53.2 Å². The molecule has 3 aromatic heterocycles. The van der Waals surface area contributed by atoms with Crippen molar-refractivity contribution in [1.29, 1.82) is 0 Å². The van der Waals surface area contributed by atoms with E-state index in [1.165, 1.54) is 35.6 Å². The molecule has 0 amide bonds. The van der Waals surface area contributed by atoms with E-state index in [-0.39, 0.29) is 22.8 Å². The van der Waals surface area contributed by atoms with Gasteiger partial charge in [-0.2, -0.15) is 0 Å². The van der Waals surface area contributed by atoms with E-state index in [0.717, 1.165) is 18.4 Å². The highest BCUT2D eigenvalue weighted by molar-refractivity contribution is 7.90. The van der Waals surface area contributed by atoms with Gasteiger partial charge in [0, 0.05) is 36.7 Å². The number of halogens is 2. The number of benzene rings is 1. The van der Waals surface area contributed by atoms with Crippen molar-refractivity contribution in [1.82, 2.24) is 19.1 Å². The number of fused-ring (bicyclic) bond motifs is 1. The predicted octanol–water partition coefficient (Wildman–Crippen LogP) is 3.12. The Morgan fingerprint density at radius 3 is 2.53 bits per heavy atom. The molecule has 0 spiro atoms. The monoisotopic (exact) mass is 518 g/mol. The topological polar surface area (TPSA) is 105 Å². The maximum Gasteiger partial charge on any atom is 0.330 e. The molecule has 36 heavy (non-hydrogen) atoms. The second-order valence-corrected chi connectivity index (χ2v) is 10.4. The molecule has 0 fully saturated rings. The lowest BCUT2D eigenvalue weighted by Crippen LogP contribution is -2.31. The van der Waals surface area contributed by atoms with Crippen molar-refractivity contribution >= 4 is 21.0 Å². The predicted molar refractivity (Wildman–Crippen MR) is 130 cm³/mol. The third-order valence-electron chi connectivity index (χ3n) is 5.63. The van der Waals surface area contributed by atoms with Gasteiger partial charge >= 0.3 is 5.69 Å². The Bertz CT molecular complexity index is 1620. The first-order valence-corrected chi connectivity index (χ1v) is 13.0. The number of methoxy groups -OCH3 is 1. The number of imidazole rings is 1. The number of sulfone groups is 1. The Labute approximate surface area is 205 Å². The third-order valence-corrected chi connectivity index (χ3v) is 6.55. The zero-order valence-corrected chi connectivity index (χ0v) is 20.8. The molecule has 3 heterocycles. The lowest BCUT2D eigenvalue weighted by molar-refractivity contribution is 0.296. The Hall–Kier alpha value is -3.80. The highest BCUT2D eigenvalue weighted by atomic mass is 32.2. The molecule has 0 aliphatic rings. The summed E-state index contributed by atoms with van der Waals surface area (Å²) in [6, 6.07) is 6.82. The molecule has 9 nitrogen and oxygen atoms in total. The van der Waals surface area contributed by atoms with Crippen LogP contribution in [0.15, 0.2) is 47.4 Å². The first-order chi connectivity index (χ1) is 17.0. The van der Waals surface area contributed by atoms with Gasteiger partial charge in [-0.3, -0.25) is 9.13 Å². The Morgan fingerprint density at radius 2 is 1.89 bits per heavy atom. The molecule has 0 bridgehead atoms. The van der Waals surface area contributed by atoms with Crippen molar-refractivity contribution in [2.75, 3.05) is 25.7 Å². The lowest BCUT2D eigenvalue weighted by Gasteiger charge is -2.19. The zero-order chi connectivity index (χ0) is 26.2. The van der Waals surface area contributed by atoms with Gasteiger partial charge in [0.15, 0.2) is 11.4 Å². The number of hydrogen-bond donors (Lipinski definition) is 0. The quantitative estimate of drug-likeness (QED) is 0.353. The molecule has 4 rings (SSSR count). The molecule has 1 aromatic carbocycles. The molecule has 12 heteroatoms. The maximum atomic E-state index is 14.4. The van der Waals surface area contributed by atoms with Crippen molar-refractivity contribution in [3.05, 3.63) is 70.4 Å². The van der Waals surface area contributed by atoms with Gasteiger partial charge in [-0.1, -0.05) is 0 Å². The molecule has 0 N–H and O–H groups in total. The molecule has 0 saturated carbocycles. The molecular weight excluding hydrogens is 494 g/mol. The van der Waals surface area contributed by atoms with E-state index in [9.17, 15) is 22.0 Å². The van der Waals surface area contributed by atoms with Crippen LogP contribution < -0.4 is 15.2 Å². The fourth-order valence-corrected chi connectivity index (χ4v) is 4.88. The van der Waals surface area contributed by atoms with Gasteiger partial charge in [0.1, 0.15) is 21.5 Å². The molecule has 0 radical (unpaired) electrons. The molecule has 0 saturated heterocycles. The van der Waals surface area contributed by atoms with E-state index >= 15 is 0 Å². The SMILES string of the molecule is CCOc1nc(C(CS(C)(=O)=O)n2c(=O)n(C)c3cc(-c4ccc(F)cc4F)cnc32)ccc1OC. The van der Waals surface area contributed by atoms with Gasteiger partial charge in [-0.05, 0) is 37.3 Å². The van der Waals surface area contributed by atoms with Gasteiger partial charge in [0.2, 0.25) is 0 Å². The molecular formula is C24H24F2N4O5S. The summed E-state index contributed by atoms with van der Waals surface area (Å²) in [6.45, 7) is 2.06. The Balaban J connectivity index is 1.93. The van der Waals surface area contributed by atoms with Gasteiger partial charge in [0.25, 0.3) is 5.88 Å². The molecule has 0 aliphatic carbocycles. The van der Waals surface area contributed by atoms with Crippen LogP contribution in [0.3, 0.4) is 0 Å². The number of aryl methyl sites for hydroxylation is 1. The number of aromatic nitrogens is 4. The van der Waals surface area contributed by atoms with Crippen molar-refractivity contribution in [2.24, 2.45) is 7.05 Å². The minimum absolute atomic E-state index is 0.108. The first kappa shape index (κ1) is 25.3. The summed E-state index contributed by atoms with van der Waals surface area (Å²) in [4.78, 5) is 22.2. The number of pyridine rings is 2. The van der Waals surface area contributed by atoms with Gasteiger partial charge < -0.3 is 9.47 Å². The smallest absolute Gasteiger partial charge is 0.330 e. The summed E-state index contributed by atoms with van der Waals surface area (Å²) in [5.74, 6) is -1.42. The second-order valence-electron chi connectivity index (χ2n) is 8.19. The van der Waals surface area contributed by atoms with Crippen LogP contribution in [0.2, 0.25) is 0 Å². The molecule has 190 valence electrons. The fourth-order valence-electron chi connectivity index (χ4n) is 3.99. The summed E-state index contributed by atoms with van der Waals surface area (Å²) in [6.07, 6.45) is 2.41. The van der Waals surface area contributed by atoms with Crippen LogP contribution in [0.25, 0.3) is 22.3 Å². The number of rotatable bonds is 8. The minimum atomic E-state index is -3.59. The molecule has 0 aliphatic heterocycles. The van der Waals surface area contributed by atoms with E-state index < -0.39 is 39.0 Å². The van der Waals surface area contributed by atoms with Crippen molar-refractivity contribution in [3.8, 4) is 22.8 Å². The standard InChI is InChI=1S/C24H24F2N4O5S/c1-5-35-23-21(34-3)9-8-18(28-23)20(13-36(4,32)33)30-22-19(29(2)24(30)31)10-14(12-27-22)16-7-6-15(25)11-17(16)26/h6-12,20H,5,13H2,1-4H3. The fraction of sp³-hybridized carbons (Fsp3) is 0.292. The third kappa shape index (κ3) is 4.81. The first-order valence-electron chi connectivity index (χ1n) is 10.9. The summed E-state index contributed by atoms with van der Waals surface area (Å²) in [5, 5.41) is 0. The van der Waals surface area contributed by atoms with Crippen LogP contribution in [0, 0.1) is 11.6 Å². The average molecular weight is 519 g/mol. The van der Waals surface area contributed by atoms with Crippen LogP contribution in [0.4, 0.5) is 8.78 Å². The van der Waals surface area contributed by atoms with E-state index in [2.05, 4.69) is 9.97 Å². The van der Waals surface area contributed by atoms with Gasteiger partial charge in [-0.15, -0.1) is 0 Å². The minimum Gasteiger partial charge on any atom is -0.491 e. The van der Waals surface area contributed by atoms with E-state index in [0.29, 0.717) is 23.4 Å². The van der Waals surface area contributed by atoms with Crippen LogP contribution in [0.1, 0.15) is 18.7 Å². The summed E-state index contributed by atoms with van der Waals surface area (Å²) < 4.78 is 65.8.